The molecule has 0 aliphatic carbocycles. The van der Waals surface area contributed by atoms with E-state index in [1.807, 2.05) is 42.5 Å². The van der Waals surface area contributed by atoms with Crippen molar-refractivity contribution in [3.05, 3.63) is 379 Å². The maximum absolute atomic E-state index is 9.26. The maximum Gasteiger partial charge on any atom is 0.488 e. The van der Waals surface area contributed by atoms with Gasteiger partial charge in [-0.3, -0.25) is 0 Å². The lowest BCUT2D eigenvalue weighted by molar-refractivity contribution is 0.426. The predicted octanol–water partition coefficient (Wildman–Crippen LogP) is 25.0. The van der Waals surface area contributed by atoms with E-state index in [1.165, 1.54) is 137 Å². The number of fused-ring (bicyclic) bond motifs is 5. The molecule has 0 amide bonds. The van der Waals surface area contributed by atoms with Gasteiger partial charge in [0, 0.05) is 20.1 Å². The van der Waals surface area contributed by atoms with Crippen LogP contribution in [0.4, 0.5) is 0 Å². The van der Waals surface area contributed by atoms with Gasteiger partial charge >= 0.3 is 7.12 Å². The van der Waals surface area contributed by atoms with E-state index in [0.29, 0.717) is 5.46 Å². The smallest absolute Gasteiger partial charge is 0.423 e. The van der Waals surface area contributed by atoms with Crippen molar-refractivity contribution in [2.45, 2.75) is 0 Å². The van der Waals surface area contributed by atoms with Gasteiger partial charge in [0.1, 0.15) is 0 Å². The molecule has 0 aliphatic heterocycles. The van der Waals surface area contributed by atoms with Crippen LogP contribution < -0.4 is 5.46 Å². The SMILES string of the molecule is Brc1ccc2c(-c3ccccc3)c(Br)ccc2c1-c1ccccc1.OB(O)c1cccc(-c2cccc3ccccc23)c1.c1ccc(-c2c(-c3cccc(-c4cccc5ccccc45)c3)ccc3c(-c4ccccc4)c(-c4cccc(-c5cccc6ccccc56)c4)ccc23)cc1. The second-order valence-corrected chi connectivity index (χ2v) is 25.9. The standard InChI is InChI=1S/C54H36.C22H14Br2.C16H13BO2/c1-3-17-39(18-4-1)53-49(43-25-11-23-41(35-43)47-29-13-21-37-15-7-9-27-45(37)47)31-34-52-51(53)33-32-50(54(52)40-19-5-2-6-20-40)44-26-12-24-42(36-44)48-30-14-22-38-16-8-10-28-46(38)48;23-19-13-12-18-17(21(19)15-7-3-1-4-8-15)11-14-20(24)22(18)16-9-5-2-6-10-16;18-17(19)14-8-3-7-13(11-14)16-10-4-6-12-5-1-2-9-15(12)16/h1-36H;1-14H;1-11,18-19H. The second kappa shape index (κ2) is 28.1. The number of benzene rings is 17. The van der Waals surface area contributed by atoms with Crippen molar-refractivity contribution in [3.63, 3.8) is 0 Å². The quantitative estimate of drug-likeness (QED) is 0.134. The maximum atomic E-state index is 9.26. The minimum absolute atomic E-state index is 0.505. The molecule has 0 aromatic heterocycles. The van der Waals surface area contributed by atoms with Gasteiger partial charge in [-0.25, -0.2) is 0 Å². The van der Waals surface area contributed by atoms with Gasteiger partial charge in [-0.1, -0.05) is 378 Å². The average molecular weight is 1370 g/mol. The van der Waals surface area contributed by atoms with Crippen LogP contribution >= 0.6 is 31.9 Å². The summed E-state index contributed by atoms with van der Waals surface area (Å²) < 4.78 is 2.23. The van der Waals surface area contributed by atoms with Gasteiger partial charge in [0.2, 0.25) is 0 Å². The van der Waals surface area contributed by atoms with E-state index in [0.717, 1.165) is 25.5 Å². The minimum atomic E-state index is -1.44. The molecule has 17 rings (SSSR count). The molecule has 2 nitrogen and oxygen atoms in total. The molecule has 0 heterocycles. The van der Waals surface area contributed by atoms with Crippen LogP contribution in [0.1, 0.15) is 0 Å². The Morgan fingerprint density at radius 3 is 0.804 bits per heavy atom. The fourth-order valence-corrected chi connectivity index (χ4v) is 15.0. The molecular formula is C92H63BBr2O2. The summed E-state index contributed by atoms with van der Waals surface area (Å²) in [6.07, 6.45) is 0. The molecule has 0 atom stereocenters. The molecule has 0 spiro atoms. The zero-order chi connectivity index (χ0) is 65.6. The number of hydrogen-bond acceptors (Lipinski definition) is 2. The molecule has 0 radical (unpaired) electrons. The fraction of sp³-hybridized carbons (Fsp3) is 0. The van der Waals surface area contributed by atoms with Crippen LogP contribution in [-0.2, 0) is 0 Å². The highest BCUT2D eigenvalue weighted by molar-refractivity contribution is 9.11. The average Bonchev–Trinajstić information content (AvgIpc) is 0.747. The first-order valence-corrected chi connectivity index (χ1v) is 34.2. The monoisotopic (exact) mass is 1370 g/mol. The van der Waals surface area contributed by atoms with Crippen LogP contribution in [0.15, 0.2) is 379 Å². The van der Waals surface area contributed by atoms with Gasteiger partial charge in [0.15, 0.2) is 0 Å². The van der Waals surface area contributed by atoms with Gasteiger partial charge in [0.05, 0.1) is 0 Å². The lowest BCUT2D eigenvalue weighted by Crippen LogP contribution is -2.29. The van der Waals surface area contributed by atoms with E-state index in [1.54, 1.807) is 6.07 Å². The van der Waals surface area contributed by atoms with Gasteiger partial charge in [0.25, 0.3) is 0 Å². The lowest BCUT2D eigenvalue weighted by Gasteiger charge is -2.20. The molecule has 0 aliphatic rings. The van der Waals surface area contributed by atoms with Crippen LogP contribution in [0.25, 0.3) is 154 Å². The van der Waals surface area contributed by atoms with E-state index in [4.69, 9.17) is 0 Å². The summed E-state index contributed by atoms with van der Waals surface area (Å²) in [7, 11) is -1.44. The third kappa shape index (κ3) is 12.8. The van der Waals surface area contributed by atoms with Crippen molar-refractivity contribution in [2.75, 3.05) is 0 Å². The van der Waals surface area contributed by atoms with Crippen molar-refractivity contribution in [3.8, 4) is 100 Å². The number of halogens is 2. The summed E-state index contributed by atoms with van der Waals surface area (Å²) in [6, 6.07) is 131. The molecule has 0 fully saturated rings. The Morgan fingerprint density at radius 1 is 0.186 bits per heavy atom. The highest BCUT2D eigenvalue weighted by Crippen LogP contribution is 2.47. The molecule has 0 bridgehead atoms. The summed E-state index contributed by atoms with van der Waals surface area (Å²) in [5.74, 6) is 0. The molecule has 0 unspecified atom stereocenters. The molecule has 0 saturated carbocycles. The van der Waals surface area contributed by atoms with E-state index in [2.05, 4.69) is 353 Å². The highest BCUT2D eigenvalue weighted by Gasteiger charge is 2.21. The van der Waals surface area contributed by atoms with Crippen molar-refractivity contribution in [1.29, 1.82) is 0 Å². The van der Waals surface area contributed by atoms with Crippen molar-refractivity contribution >= 4 is 98.3 Å². The highest BCUT2D eigenvalue weighted by atomic mass is 79.9. The van der Waals surface area contributed by atoms with E-state index < -0.39 is 7.12 Å². The molecular weight excluding hydrogens is 1310 g/mol. The Morgan fingerprint density at radius 2 is 0.443 bits per heavy atom. The van der Waals surface area contributed by atoms with E-state index >= 15 is 0 Å². The zero-order valence-electron chi connectivity index (χ0n) is 52.9. The molecule has 460 valence electrons. The predicted molar refractivity (Wildman–Crippen MR) is 421 cm³/mol. The normalized spacial score (nSPS) is 11.1. The first-order chi connectivity index (χ1) is 47.8. The third-order valence-corrected chi connectivity index (χ3v) is 19.7. The van der Waals surface area contributed by atoms with Crippen LogP contribution in [0, 0.1) is 0 Å². The second-order valence-electron chi connectivity index (χ2n) is 24.2. The molecule has 2 N–H and O–H groups in total. The Balaban J connectivity index is 0.000000146. The Kier molecular flexibility index (Phi) is 18.0. The van der Waals surface area contributed by atoms with Crippen LogP contribution in [0.3, 0.4) is 0 Å². The van der Waals surface area contributed by atoms with Crippen molar-refractivity contribution in [2.24, 2.45) is 0 Å². The zero-order valence-corrected chi connectivity index (χ0v) is 56.1. The molecule has 0 saturated heterocycles. The third-order valence-electron chi connectivity index (χ3n) is 18.4. The summed E-state index contributed by atoms with van der Waals surface area (Å²) >= 11 is 7.48. The van der Waals surface area contributed by atoms with E-state index in [-0.39, 0.29) is 0 Å². The van der Waals surface area contributed by atoms with Crippen LogP contribution in [0.5, 0.6) is 0 Å². The topological polar surface area (TPSA) is 40.5 Å². The van der Waals surface area contributed by atoms with Crippen molar-refractivity contribution in [1.82, 2.24) is 0 Å². The van der Waals surface area contributed by atoms with Gasteiger partial charge in [-0.2, -0.15) is 0 Å². The lowest BCUT2D eigenvalue weighted by atomic mass is 9.79. The summed E-state index contributed by atoms with van der Waals surface area (Å²) in [5.41, 5.74) is 22.2. The number of hydrogen-bond donors (Lipinski definition) is 2. The Hall–Kier alpha value is -11.0. The summed E-state index contributed by atoms with van der Waals surface area (Å²) in [4.78, 5) is 0. The molecule has 97 heavy (non-hydrogen) atoms. The molecule has 17 aromatic carbocycles. The summed E-state index contributed by atoms with van der Waals surface area (Å²) in [6.45, 7) is 0. The van der Waals surface area contributed by atoms with Crippen LogP contribution in [0.2, 0.25) is 0 Å². The van der Waals surface area contributed by atoms with Gasteiger partial charge in [-0.15, -0.1) is 0 Å². The molecule has 5 heteroatoms. The largest absolute Gasteiger partial charge is 0.488 e. The Labute approximate surface area is 583 Å². The van der Waals surface area contributed by atoms with Gasteiger partial charge < -0.3 is 10.0 Å². The number of rotatable bonds is 10. The summed E-state index contributed by atoms with van der Waals surface area (Å²) in [5, 5.41) is 30.9. The van der Waals surface area contributed by atoms with E-state index in [9.17, 15) is 10.0 Å². The first-order valence-electron chi connectivity index (χ1n) is 32.6. The van der Waals surface area contributed by atoms with Crippen LogP contribution in [-0.4, -0.2) is 17.2 Å². The molecule has 17 aromatic rings. The Bertz CT molecular complexity index is 5390. The first kappa shape index (κ1) is 62.1. The minimum Gasteiger partial charge on any atom is -0.423 e. The van der Waals surface area contributed by atoms with Gasteiger partial charge in [-0.05, 0) is 173 Å². The fourth-order valence-electron chi connectivity index (χ4n) is 13.9. The van der Waals surface area contributed by atoms with Crippen molar-refractivity contribution < 1.29 is 10.0 Å².